The molecule has 0 saturated carbocycles. The molecule has 0 radical (unpaired) electrons. The largest absolute Gasteiger partial charge is 0.352 e. The van der Waals surface area contributed by atoms with E-state index in [2.05, 4.69) is 32.7 Å². The number of hydrogen-bond acceptors (Lipinski definition) is 2. The van der Waals surface area contributed by atoms with Crippen molar-refractivity contribution in [1.29, 1.82) is 0 Å². The highest BCUT2D eigenvalue weighted by molar-refractivity contribution is 5.85. The Labute approximate surface area is 146 Å². The van der Waals surface area contributed by atoms with Crippen LogP contribution in [0.2, 0.25) is 0 Å². The summed E-state index contributed by atoms with van der Waals surface area (Å²) in [5, 5.41) is 8.81. The number of hydrogen-bond donors (Lipinski definition) is 2. The summed E-state index contributed by atoms with van der Waals surface area (Å²) >= 11 is 0. The van der Waals surface area contributed by atoms with Crippen LogP contribution in [0.4, 0.5) is 4.39 Å². The van der Waals surface area contributed by atoms with Crippen LogP contribution < -0.4 is 10.6 Å². The van der Waals surface area contributed by atoms with Crippen molar-refractivity contribution in [2.75, 3.05) is 7.05 Å². The van der Waals surface area contributed by atoms with E-state index in [1.165, 1.54) is 11.5 Å². The van der Waals surface area contributed by atoms with E-state index in [1.54, 1.807) is 20.0 Å². The second kappa shape index (κ2) is 7.75. The zero-order valence-corrected chi connectivity index (χ0v) is 14.4. The van der Waals surface area contributed by atoms with E-state index >= 15 is 0 Å². The molecule has 128 valence electrons. The molecule has 0 aliphatic rings. The number of benzene rings is 2. The van der Waals surface area contributed by atoms with Crippen LogP contribution in [0, 0.1) is 12.7 Å². The number of pyridine rings is 1. The maximum Gasteiger partial charge on any atom is 0.191 e. The highest BCUT2D eigenvalue weighted by Crippen LogP contribution is 2.16. The van der Waals surface area contributed by atoms with Crippen LogP contribution in [0.5, 0.6) is 0 Å². The number of aryl methyl sites for hydroxylation is 1. The van der Waals surface area contributed by atoms with E-state index in [0.717, 1.165) is 16.6 Å². The molecule has 1 heterocycles. The van der Waals surface area contributed by atoms with E-state index in [0.29, 0.717) is 24.6 Å². The number of rotatable bonds is 4. The van der Waals surface area contributed by atoms with Crippen LogP contribution in [0.15, 0.2) is 59.7 Å². The van der Waals surface area contributed by atoms with Crippen molar-refractivity contribution < 1.29 is 4.39 Å². The molecule has 0 saturated heterocycles. The number of fused-ring (bicyclic) bond motifs is 1. The van der Waals surface area contributed by atoms with Crippen LogP contribution in [0.1, 0.15) is 16.8 Å². The molecule has 0 spiro atoms. The molecule has 0 aliphatic carbocycles. The smallest absolute Gasteiger partial charge is 0.191 e. The number of aromatic nitrogens is 1. The molecule has 1 aromatic heterocycles. The first-order valence-electron chi connectivity index (χ1n) is 8.19. The fraction of sp³-hybridized carbons (Fsp3) is 0.200. The summed E-state index contributed by atoms with van der Waals surface area (Å²) in [6.07, 6.45) is 1.82. The van der Waals surface area contributed by atoms with Gasteiger partial charge in [-0.3, -0.25) is 9.98 Å². The van der Waals surface area contributed by atoms with E-state index < -0.39 is 0 Å². The standard InChI is InChI=1S/C20H21FN4/c1-14-11-15(7-8-18(14)21)12-24-20(22-2)25-13-19-17-6-4-3-5-16(17)9-10-23-19/h3-11H,12-13H2,1-2H3,(H2,22,24,25). The van der Waals surface area contributed by atoms with Gasteiger partial charge in [-0.15, -0.1) is 0 Å². The van der Waals surface area contributed by atoms with Gasteiger partial charge in [-0.2, -0.15) is 0 Å². The van der Waals surface area contributed by atoms with Gasteiger partial charge in [0.1, 0.15) is 5.82 Å². The summed E-state index contributed by atoms with van der Waals surface area (Å²) in [6.45, 7) is 2.91. The summed E-state index contributed by atoms with van der Waals surface area (Å²) in [5.74, 6) is 0.491. The first kappa shape index (κ1) is 16.9. The molecule has 3 rings (SSSR count). The summed E-state index contributed by atoms with van der Waals surface area (Å²) in [6, 6.07) is 15.3. The predicted molar refractivity (Wildman–Crippen MR) is 99.9 cm³/mol. The average molecular weight is 336 g/mol. The van der Waals surface area contributed by atoms with Gasteiger partial charge in [0, 0.05) is 25.2 Å². The minimum absolute atomic E-state index is 0.187. The number of nitrogens with one attached hydrogen (secondary N) is 2. The molecule has 0 fully saturated rings. The second-order valence-corrected chi connectivity index (χ2v) is 5.84. The van der Waals surface area contributed by atoms with Gasteiger partial charge >= 0.3 is 0 Å². The Balaban J connectivity index is 1.63. The molecule has 0 aliphatic heterocycles. The Morgan fingerprint density at radius 3 is 2.68 bits per heavy atom. The molecular weight excluding hydrogens is 315 g/mol. The van der Waals surface area contributed by atoms with Crippen molar-refractivity contribution in [2.24, 2.45) is 4.99 Å². The van der Waals surface area contributed by atoms with E-state index in [1.807, 2.05) is 30.5 Å². The first-order chi connectivity index (χ1) is 12.2. The number of nitrogens with zero attached hydrogens (tertiary/aromatic N) is 2. The van der Waals surface area contributed by atoms with Crippen molar-refractivity contribution in [2.45, 2.75) is 20.0 Å². The van der Waals surface area contributed by atoms with E-state index in [9.17, 15) is 4.39 Å². The van der Waals surface area contributed by atoms with Crippen LogP contribution in [-0.2, 0) is 13.1 Å². The third kappa shape index (κ3) is 4.12. The lowest BCUT2D eigenvalue weighted by Crippen LogP contribution is -2.36. The van der Waals surface area contributed by atoms with Crippen LogP contribution >= 0.6 is 0 Å². The van der Waals surface area contributed by atoms with E-state index in [-0.39, 0.29) is 5.82 Å². The third-order valence-electron chi connectivity index (χ3n) is 4.09. The zero-order chi connectivity index (χ0) is 17.6. The molecule has 5 heteroatoms. The van der Waals surface area contributed by atoms with Gasteiger partial charge in [0.05, 0.1) is 12.2 Å². The summed E-state index contributed by atoms with van der Waals surface area (Å²) in [4.78, 5) is 8.70. The van der Waals surface area contributed by atoms with Crippen molar-refractivity contribution in [3.63, 3.8) is 0 Å². The number of aliphatic imine (C=N–C) groups is 1. The van der Waals surface area contributed by atoms with Crippen LogP contribution in [0.3, 0.4) is 0 Å². The summed E-state index contributed by atoms with van der Waals surface area (Å²) in [5.41, 5.74) is 2.62. The molecule has 25 heavy (non-hydrogen) atoms. The average Bonchev–Trinajstić information content (AvgIpc) is 2.64. The Bertz CT molecular complexity index is 900. The topological polar surface area (TPSA) is 49.3 Å². The molecule has 2 N–H and O–H groups in total. The van der Waals surface area contributed by atoms with Gasteiger partial charge in [0.25, 0.3) is 0 Å². The second-order valence-electron chi connectivity index (χ2n) is 5.84. The number of halogens is 1. The fourth-order valence-electron chi connectivity index (χ4n) is 2.71. The van der Waals surface area contributed by atoms with Crippen LogP contribution in [-0.4, -0.2) is 18.0 Å². The Morgan fingerprint density at radius 2 is 1.88 bits per heavy atom. The first-order valence-corrected chi connectivity index (χ1v) is 8.19. The van der Waals surface area contributed by atoms with Crippen LogP contribution in [0.25, 0.3) is 10.8 Å². The van der Waals surface area contributed by atoms with Crippen molar-refractivity contribution >= 4 is 16.7 Å². The fourth-order valence-corrected chi connectivity index (χ4v) is 2.71. The van der Waals surface area contributed by atoms with Gasteiger partial charge in [-0.25, -0.2) is 4.39 Å². The Hall–Kier alpha value is -2.95. The maximum absolute atomic E-state index is 13.3. The molecule has 3 aromatic rings. The van der Waals surface area contributed by atoms with Gasteiger partial charge < -0.3 is 10.6 Å². The molecule has 0 unspecified atom stereocenters. The van der Waals surface area contributed by atoms with Gasteiger partial charge in [0.2, 0.25) is 0 Å². The highest BCUT2D eigenvalue weighted by atomic mass is 19.1. The third-order valence-corrected chi connectivity index (χ3v) is 4.09. The minimum Gasteiger partial charge on any atom is -0.352 e. The minimum atomic E-state index is -0.187. The molecule has 2 aromatic carbocycles. The predicted octanol–water partition coefficient (Wildman–Crippen LogP) is 3.55. The normalized spacial score (nSPS) is 11.6. The lowest BCUT2D eigenvalue weighted by molar-refractivity contribution is 0.617. The quantitative estimate of drug-likeness (QED) is 0.566. The van der Waals surface area contributed by atoms with Crippen molar-refractivity contribution in [1.82, 2.24) is 15.6 Å². The SMILES string of the molecule is CN=C(NCc1ccc(F)c(C)c1)NCc1nccc2ccccc12. The van der Waals surface area contributed by atoms with Gasteiger partial charge in [-0.1, -0.05) is 36.4 Å². The highest BCUT2D eigenvalue weighted by Gasteiger charge is 2.04. The molecule has 0 bridgehead atoms. The van der Waals surface area contributed by atoms with E-state index in [4.69, 9.17) is 0 Å². The summed E-state index contributed by atoms with van der Waals surface area (Å²) < 4.78 is 13.3. The van der Waals surface area contributed by atoms with Gasteiger partial charge in [0.15, 0.2) is 5.96 Å². The van der Waals surface area contributed by atoms with Crippen molar-refractivity contribution in [3.05, 3.63) is 77.4 Å². The lowest BCUT2D eigenvalue weighted by atomic mass is 10.1. The molecule has 0 amide bonds. The number of guanidine groups is 1. The van der Waals surface area contributed by atoms with Crippen molar-refractivity contribution in [3.8, 4) is 0 Å². The van der Waals surface area contributed by atoms with Gasteiger partial charge in [-0.05, 0) is 35.6 Å². The zero-order valence-electron chi connectivity index (χ0n) is 14.4. The molecule has 0 atom stereocenters. The summed E-state index contributed by atoms with van der Waals surface area (Å²) in [7, 11) is 1.72. The molecular formula is C20H21FN4. The Morgan fingerprint density at radius 1 is 1.08 bits per heavy atom. The maximum atomic E-state index is 13.3. The monoisotopic (exact) mass is 336 g/mol. The lowest BCUT2D eigenvalue weighted by Gasteiger charge is -2.13. The molecule has 4 nitrogen and oxygen atoms in total. The Kier molecular flexibility index (Phi) is 5.23.